The first-order valence-electron chi connectivity index (χ1n) is 8.62. The molecule has 0 atom stereocenters. The summed E-state index contributed by atoms with van der Waals surface area (Å²) in [6.45, 7) is 3.38. The van der Waals surface area contributed by atoms with Gasteiger partial charge in [-0.05, 0) is 30.2 Å². The number of fused-ring (bicyclic) bond motifs is 1. The second kappa shape index (κ2) is 7.01. The van der Waals surface area contributed by atoms with Crippen molar-refractivity contribution in [2.24, 2.45) is 0 Å². The van der Waals surface area contributed by atoms with Crippen molar-refractivity contribution < 1.29 is 14.3 Å². The highest BCUT2D eigenvalue weighted by atomic mass is 16.7. The van der Waals surface area contributed by atoms with E-state index >= 15 is 0 Å². The van der Waals surface area contributed by atoms with Gasteiger partial charge in [-0.3, -0.25) is 4.79 Å². The Morgan fingerprint density at radius 1 is 1.04 bits per heavy atom. The minimum atomic E-state index is 0.192. The molecule has 6 heteroatoms. The van der Waals surface area contributed by atoms with E-state index < -0.39 is 0 Å². The Bertz CT molecular complexity index is 743. The number of rotatable bonds is 4. The lowest BCUT2D eigenvalue weighted by atomic mass is 10.1. The van der Waals surface area contributed by atoms with E-state index in [4.69, 9.17) is 9.47 Å². The Labute approximate surface area is 147 Å². The van der Waals surface area contributed by atoms with Crippen LogP contribution in [0.15, 0.2) is 42.6 Å². The number of ether oxygens (including phenoxy) is 2. The lowest BCUT2D eigenvalue weighted by molar-refractivity contribution is -0.131. The number of pyridine rings is 1. The van der Waals surface area contributed by atoms with Gasteiger partial charge in [-0.25, -0.2) is 4.98 Å². The van der Waals surface area contributed by atoms with E-state index in [0.29, 0.717) is 12.8 Å². The average Bonchev–Trinajstić information content (AvgIpc) is 3.16. The maximum absolute atomic E-state index is 12.5. The normalized spacial score (nSPS) is 16.2. The molecule has 0 bridgehead atoms. The zero-order valence-corrected chi connectivity index (χ0v) is 14.1. The highest BCUT2D eigenvalue weighted by Crippen LogP contribution is 2.35. The Balaban J connectivity index is 1.31. The van der Waals surface area contributed by atoms with Crippen molar-refractivity contribution in [1.29, 1.82) is 0 Å². The lowest BCUT2D eigenvalue weighted by Gasteiger charge is -2.35. The molecule has 25 heavy (non-hydrogen) atoms. The van der Waals surface area contributed by atoms with Gasteiger partial charge in [0.15, 0.2) is 11.5 Å². The number of para-hydroxylation sites is 1. The summed E-state index contributed by atoms with van der Waals surface area (Å²) in [7, 11) is 0. The predicted octanol–water partition coefficient (Wildman–Crippen LogP) is 2.09. The van der Waals surface area contributed by atoms with Crippen LogP contribution in [-0.4, -0.2) is 48.8 Å². The van der Waals surface area contributed by atoms with Gasteiger partial charge in [0.25, 0.3) is 0 Å². The first kappa shape index (κ1) is 15.7. The number of carbonyl (C=O) groups is 1. The second-order valence-electron chi connectivity index (χ2n) is 6.21. The molecular formula is C19H21N3O3. The average molecular weight is 339 g/mol. The third-order valence-corrected chi connectivity index (χ3v) is 4.69. The number of amides is 1. The van der Waals surface area contributed by atoms with Crippen LogP contribution in [-0.2, 0) is 11.2 Å². The number of benzene rings is 1. The number of carbonyl (C=O) groups excluding carboxylic acids is 1. The number of anilines is 1. The maximum atomic E-state index is 12.5. The standard InChI is InChI=1S/C19H21N3O3/c23-18(8-7-15-4-3-5-16-19(15)25-14-24-16)22-12-10-21(11-13-22)17-6-1-2-9-20-17/h1-6,9H,7-8,10-14H2. The van der Waals surface area contributed by atoms with E-state index in [2.05, 4.69) is 9.88 Å². The molecule has 1 saturated heterocycles. The molecule has 0 saturated carbocycles. The fourth-order valence-corrected chi connectivity index (χ4v) is 3.31. The summed E-state index contributed by atoms with van der Waals surface area (Å²) in [4.78, 5) is 21.1. The van der Waals surface area contributed by atoms with Gasteiger partial charge in [0, 0.05) is 38.8 Å². The first-order valence-corrected chi connectivity index (χ1v) is 8.62. The Hall–Kier alpha value is -2.76. The summed E-state index contributed by atoms with van der Waals surface area (Å²) in [5, 5.41) is 0. The zero-order chi connectivity index (χ0) is 17.1. The molecule has 0 N–H and O–H groups in total. The molecule has 0 radical (unpaired) electrons. The molecular weight excluding hydrogens is 318 g/mol. The summed E-state index contributed by atoms with van der Waals surface area (Å²) < 4.78 is 10.9. The van der Waals surface area contributed by atoms with Crippen molar-refractivity contribution in [1.82, 2.24) is 9.88 Å². The summed E-state index contributed by atoms with van der Waals surface area (Å²) >= 11 is 0. The summed E-state index contributed by atoms with van der Waals surface area (Å²) in [5.41, 5.74) is 1.04. The van der Waals surface area contributed by atoms with Gasteiger partial charge in [-0.15, -0.1) is 0 Å². The molecule has 2 aliphatic heterocycles. The quantitative estimate of drug-likeness (QED) is 0.854. The molecule has 1 fully saturated rings. The largest absolute Gasteiger partial charge is 0.454 e. The van der Waals surface area contributed by atoms with Crippen LogP contribution in [0.3, 0.4) is 0 Å². The van der Waals surface area contributed by atoms with Gasteiger partial charge in [0.2, 0.25) is 12.7 Å². The minimum Gasteiger partial charge on any atom is -0.454 e. The highest BCUT2D eigenvalue weighted by Gasteiger charge is 2.23. The molecule has 2 aliphatic rings. The van der Waals surface area contributed by atoms with Gasteiger partial charge < -0.3 is 19.3 Å². The van der Waals surface area contributed by atoms with Crippen molar-refractivity contribution >= 4 is 11.7 Å². The monoisotopic (exact) mass is 339 g/mol. The van der Waals surface area contributed by atoms with Crippen LogP contribution in [0, 0.1) is 0 Å². The Morgan fingerprint density at radius 3 is 2.72 bits per heavy atom. The second-order valence-corrected chi connectivity index (χ2v) is 6.21. The van der Waals surface area contributed by atoms with E-state index in [0.717, 1.165) is 49.1 Å². The Morgan fingerprint density at radius 2 is 1.92 bits per heavy atom. The smallest absolute Gasteiger partial charge is 0.231 e. The topological polar surface area (TPSA) is 54.9 Å². The van der Waals surface area contributed by atoms with Crippen LogP contribution in [0.4, 0.5) is 5.82 Å². The summed E-state index contributed by atoms with van der Waals surface area (Å²) in [6.07, 6.45) is 2.96. The van der Waals surface area contributed by atoms with Crippen molar-refractivity contribution in [2.45, 2.75) is 12.8 Å². The van der Waals surface area contributed by atoms with Gasteiger partial charge in [-0.1, -0.05) is 18.2 Å². The summed E-state index contributed by atoms with van der Waals surface area (Å²) in [6, 6.07) is 11.8. The molecule has 3 heterocycles. The van der Waals surface area contributed by atoms with E-state index in [1.165, 1.54) is 0 Å². The third-order valence-electron chi connectivity index (χ3n) is 4.69. The van der Waals surface area contributed by atoms with Gasteiger partial charge in [0.1, 0.15) is 5.82 Å². The van der Waals surface area contributed by atoms with Crippen LogP contribution < -0.4 is 14.4 Å². The van der Waals surface area contributed by atoms with E-state index in [1.54, 1.807) is 6.20 Å². The van der Waals surface area contributed by atoms with Crippen LogP contribution in [0.1, 0.15) is 12.0 Å². The molecule has 4 rings (SSSR count). The number of hydrogen-bond donors (Lipinski definition) is 0. The molecule has 1 aromatic carbocycles. The molecule has 1 amide bonds. The van der Waals surface area contributed by atoms with E-state index in [9.17, 15) is 4.79 Å². The van der Waals surface area contributed by atoms with Crippen LogP contribution in [0.25, 0.3) is 0 Å². The predicted molar refractivity (Wildman–Crippen MR) is 93.9 cm³/mol. The van der Waals surface area contributed by atoms with Crippen LogP contribution in [0.5, 0.6) is 11.5 Å². The number of piperazine rings is 1. The Kier molecular flexibility index (Phi) is 4.41. The fourth-order valence-electron chi connectivity index (χ4n) is 3.31. The summed E-state index contributed by atoms with van der Waals surface area (Å²) in [5.74, 6) is 2.73. The van der Waals surface area contributed by atoms with E-state index in [-0.39, 0.29) is 12.7 Å². The number of aromatic nitrogens is 1. The van der Waals surface area contributed by atoms with Gasteiger partial charge in [-0.2, -0.15) is 0 Å². The molecule has 2 aromatic rings. The molecule has 0 aliphatic carbocycles. The van der Waals surface area contributed by atoms with E-state index in [1.807, 2.05) is 41.3 Å². The third kappa shape index (κ3) is 3.38. The maximum Gasteiger partial charge on any atom is 0.231 e. The molecule has 0 spiro atoms. The fraction of sp³-hybridized carbons (Fsp3) is 0.368. The minimum absolute atomic E-state index is 0.192. The van der Waals surface area contributed by atoms with Gasteiger partial charge in [0.05, 0.1) is 0 Å². The van der Waals surface area contributed by atoms with Crippen molar-refractivity contribution in [3.05, 3.63) is 48.2 Å². The lowest BCUT2D eigenvalue weighted by Crippen LogP contribution is -2.49. The molecule has 0 unspecified atom stereocenters. The van der Waals surface area contributed by atoms with Crippen molar-refractivity contribution in [3.8, 4) is 11.5 Å². The molecule has 1 aromatic heterocycles. The molecule has 6 nitrogen and oxygen atoms in total. The first-order chi connectivity index (χ1) is 12.3. The number of aryl methyl sites for hydroxylation is 1. The number of nitrogens with zero attached hydrogens (tertiary/aromatic N) is 3. The van der Waals surface area contributed by atoms with Crippen molar-refractivity contribution in [2.75, 3.05) is 37.9 Å². The number of hydrogen-bond acceptors (Lipinski definition) is 5. The van der Waals surface area contributed by atoms with Crippen LogP contribution >= 0.6 is 0 Å². The van der Waals surface area contributed by atoms with Crippen molar-refractivity contribution in [3.63, 3.8) is 0 Å². The van der Waals surface area contributed by atoms with Gasteiger partial charge >= 0.3 is 0 Å². The molecule has 130 valence electrons. The van der Waals surface area contributed by atoms with Crippen LogP contribution in [0.2, 0.25) is 0 Å². The zero-order valence-electron chi connectivity index (χ0n) is 14.1. The highest BCUT2D eigenvalue weighted by molar-refractivity contribution is 5.77. The SMILES string of the molecule is O=C(CCc1cccc2c1OCO2)N1CCN(c2ccccn2)CC1.